The van der Waals surface area contributed by atoms with Crippen molar-refractivity contribution in [1.29, 1.82) is 0 Å². The lowest BCUT2D eigenvalue weighted by Crippen LogP contribution is -2.23. The number of H-pyrrole nitrogens is 1. The molecule has 0 radical (unpaired) electrons. The molecule has 4 aromatic rings. The largest absolute Gasteiger partial charge is 0.486 e. The number of ether oxygens (including phenoxy) is 2. The molecule has 0 fully saturated rings. The Morgan fingerprint density at radius 1 is 1.07 bits per heavy atom. The molecule has 1 amide bonds. The highest BCUT2D eigenvalue weighted by Crippen LogP contribution is 2.33. The van der Waals surface area contributed by atoms with Crippen LogP contribution in [-0.2, 0) is 6.54 Å². The van der Waals surface area contributed by atoms with E-state index in [1.807, 2.05) is 42.5 Å². The fraction of sp³-hybridized carbons (Fsp3) is 0.136. The van der Waals surface area contributed by atoms with Crippen LogP contribution in [0, 0.1) is 0 Å². The number of aromatic nitrogens is 3. The molecule has 0 spiro atoms. The standard InChI is InChI=1S/C22H18N4O4/c27-20-11-17(15-6-7-18-19(10-15)30-9-8-29-18)25-21-16(13-24-26(20)21)22(28)23-12-14-4-2-1-3-5-14/h1-7,10-11,13,25H,8-9,12H2,(H,23,28). The van der Waals surface area contributed by atoms with E-state index in [0.717, 1.165) is 11.1 Å². The zero-order valence-corrected chi connectivity index (χ0v) is 15.9. The van der Waals surface area contributed by atoms with Gasteiger partial charge >= 0.3 is 0 Å². The van der Waals surface area contributed by atoms with Gasteiger partial charge in [-0.25, -0.2) is 0 Å². The number of hydrogen-bond donors (Lipinski definition) is 2. The summed E-state index contributed by atoms with van der Waals surface area (Å²) in [6, 6.07) is 16.5. The molecule has 150 valence electrons. The Bertz CT molecular complexity index is 1290. The van der Waals surface area contributed by atoms with Crippen LogP contribution in [0.5, 0.6) is 11.5 Å². The number of nitrogens with one attached hydrogen (secondary N) is 2. The molecule has 3 heterocycles. The second-order valence-corrected chi connectivity index (χ2v) is 6.87. The summed E-state index contributed by atoms with van der Waals surface area (Å²) in [6.45, 7) is 1.36. The molecule has 1 aliphatic rings. The first kappa shape index (κ1) is 18.0. The van der Waals surface area contributed by atoms with Gasteiger partial charge in [-0.3, -0.25) is 9.59 Å². The highest BCUT2D eigenvalue weighted by molar-refractivity contribution is 5.99. The highest BCUT2D eigenvalue weighted by Gasteiger charge is 2.17. The summed E-state index contributed by atoms with van der Waals surface area (Å²) in [5.41, 5.74) is 2.57. The minimum absolute atomic E-state index is 0.294. The maximum absolute atomic E-state index is 12.7. The van der Waals surface area contributed by atoms with Crippen molar-refractivity contribution < 1.29 is 14.3 Å². The van der Waals surface area contributed by atoms with Gasteiger partial charge < -0.3 is 19.8 Å². The smallest absolute Gasteiger partial charge is 0.274 e. The van der Waals surface area contributed by atoms with Crippen molar-refractivity contribution in [3.05, 3.63) is 82.3 Å². The number of aromatic amines is 1. The molecule has 0 aliphatic carbocycles. The van der Waals surface area contributed by atoms with E-state index in [2.05, 4.69) is 15.4 Å². The molecule has 0 saturated heterocycles. The molecule has 30 heavy (non-hydrogen) atoms. The number of rotatable bonds is 4. The van der Waals surface area contributed by atoms with Crippen molar-refractivity contribution in [2.24, 2.45) is 0 Å². The van der Waals surface area contributed by atoms with Crippen LogP contribution in [0.3, 0.4) is 0 Å². The Labute approximate surface area is 171 Å². The van der Waals surface area contributed by atoms with Gasteiger partial charge in [-0.15, -0.1) is 0 Å². The van der Waals surface area contributed by atoms with Gasteiger partial charge in [0, 0.05) is 18.2 Å². The molecule has 2 aromatic heterocycles. The van der Waals surface area contributed by atoms with Crippen molar-refractivity contribution in [1.82, 2.24) is 19.9 Å². The van der Waals surface area contributed by atoms with Gasteiger partial charge in [-0.05, 0) is 23.8 Å². The number of amides is 1. The predicted octanol–water partition coefficient (Wildman–Crippen LogP) is 2.39. The lowest BCUT2D eigenvalue weighted by Gasteiger charge is -2.18. The average Bonchev–Trinajstić information content (AvgIpc) is 3.22. The minimum atomic E-state index is -0.337. The van der Waals surface area contributed by atoms with Gasteiger partial charge in [0.05, 0.1) is 11.9 Å². The Hall–Kier alpha value is -4.07. The normalized spacial score (nSPS) is 12.7. The second-order valence-electron chi connectivity index (χ2n) is 6.87. The molecule has 0 saturated carbocycles. The van der Waals surface area contributed by atoms with E-state index >= 15 is 0 Å². The maximum Gasteiger partial charge on any atom is 0.274 e. The third-order valence-corrected chi connectivity index (χ3v) is 4.89. The third-order valence-electron chi connectivity index (χ3n) is 4.89. The van der Waals surface area contributed by atoms with Gasteiger partial charge in [0.15, 0.2) is 17.1 Å². The number of nitrogens with zero attached hydrogens (tertiary/aromatic N) is 2. The topological polar surface area (TPSA) is 97.7 Å². The zero-order valence-electron chi connectivity index (χ0n) is 15.9. The van der Waals surface area contributed by atoms with E-state index in [0.29, 0.717) is 48.2 Å². The molecule has 2 N–H and O–H groups in total. The van der Waals surface area contributed by atoms with Crippen molar-refractivity contribution in [3.8, 4) is 22.8 Å². The van der Waals surface area contributed by atoms with Gasteiger partial charge in [-0.2, -0.15) is 9.61 Å². The first-order valence-corrected chi connectivity index (χ1v) is 9.52. The van der Waals surface area contributed by atoms with Crippen LogP contribution >= 0.6 is 0 Å². The van der Waals surface area contributed by atoms with Crippen LogP contribution < -0.4 is 20.3 Å². The second kappa shape index (κ2) is 7.40. The summed E-state index contributed by atoms with van der Waals surface area (Å²) < 4.78 is 12.4. The van der Waals surface area contributed by atoms with Crippen LogP contribution in [0.1, 0.15) is 15.9 Å². The first-order chi connectivity index (χ1) is 14.7. The van der Waals surface area contributed by atoms with Crippen molar-refractivity contribution in [2.45, 2.75) is 6.54 Å². The molecular formula is C22H18N4O4. The Kier molecular flexibility index (Phi) is 4.44. The predicted molar refractivity (Wildman–Crippen MR) is 110 cm³/mol. The lowest BCUT2D eigenvalue weighted by atomic mass is 10.1. The first-order valence-electron chi connectivity index (χ1n) is 9.52. The van der Waals surface area contributed by atoms with E-state index < -0.39 is 0 Å². The van der Waals surface area contributed by atoms with Gasteiger partial charge in [0.2, 0.25) is 0 Å². The Morgan fingerprint density at radius 2 is 1.87 bits per heavy atom. The molecule has 5 rings (SSSR count). The molecule has 0 bridgehead atoms. The number of carbonyl (C=O) groups is 1. The molecule has 0 unspecified atom stereocenters. The van der Waals surface area contributed by atoms with Crippen LogP contribution in [-0.4, -0.2) is 33.7 Å². The molecule has 1 aliphatic heterocycles. The van der Waals surface area contributed by atoms with Gasteiger partial charge in [0.1, 0.15) is 18.8 Å². The molecular weight excluding hydrogens is 384 g/mol. The third kappa shape index (κ3) is 3.28. The highest BCUT2D eigenvalue weighted by atomic mass is 16.6. The minimum Gasteiger partial charge on any atom is -0.486 e. The lowest BCUT2D eigenvalue weighted by molar-refractivity contribution is 0.0952. The van der Waals surface area contributed by atoms with Crippen LogP contribution in [0.4, 0.5) is 0 Å². The van der Waals surface area contributed by atoms with E-state index in [1.165, 1.54) is 16.8 Å². The van der Waals surface area contributed by atoms with Crippen molar-refractivity contribution in [3.63, 3.8) is 0 Å². The van der Waals surface area contributed by atoms with E-state index in [9.17, 15) is 9.59 Å². The fourth-order valence-corrected chi connectivity index (χ4v) is 3.39. The number of carbonyl (C=O) groups excluding carboxylic acids is 1. The van der Waals surface area contributed by atoms with E-state index in [4.69, 9.17) is 9.47 Å². The van der Waals surface area contributed by atoms with Crippen LogP contribution in [0.25, 0.3) is 16.9 Å². The monoisotopic (exact) mass is 402 g/mol. The summed E-state index contributed by atoms with van der Waals surface area (Å²) in [5.74, 6) is 0.969. The Morgan fingerprint density at radius 3 is 2.70 bits per heavy atom. The number of fused-ring (bicyclic) bond motifs is 2. The molecule has 8 nitrogen and oxygen atoms in total. The Balaban J connectivity index is 1.49. The average molecular weight is 402 g/mol. The molecule has 0 atom stereocenters. The van der Waals surface area contributed by atoms with Crippen LogP contribution in [0.2, 0.25) is 0 Å². The van der Waals surface area contributed by atoms with Crippen molar-refractivity contribution in [2.75, 3.05) is 13.2 Å². The van der Waals surface area contributed by atoms with E-state index in [-0.39, 0.29) is 11.5 Å². The SMILES string of the molecule is O=C(NCc1ccccc1)c1cnn2c(=O)cc(-c3ccc4c(c3)OCCO4)[nH]c12. The molecule has 8 heteroatoms. The van der Waals surface area contributed by atoms with Crippen molar-refractivity contribution >= 4 is 11.6 Å². The zero-order chi connectivity index (χ0) is 20.5. The van der Waals surface area contributed by atoms with Crippen LogP contribution in [0.15, 0.2) is 65.6 Å². The fourth-order valence-electron chi connectivity index (χ4n) is 3.39. The maximum atomic E-state index is 12.7. The summed E-state index contributed by atoms with van der Waals surface area (Å²) >= 11 is 0. The number of hydrogen-bond acceptors (Lipinski definition) is 5. The number of benzene rings is 2. The quantitative estimate of drug-likeness (QED) is 0.546. The summed E-state index contributed by atoms with van der Waals surface area (Å²) in [6.07, 6.45) is 1.39. The van der Waals surface area contributed by atoms with Gasteiger partial charge in [0.25, 0.3) is 11.5 Å². The van der Waals surface area contributed by atoms with E-state index in [1.54, 1.807) is 6.07 Å². The summed E-state index contributed by atoms with van der Waals surface area (Å²) in [4.78, 5) is 28.5. The van der Waals surface area contributed by atoms with Gasteiger partial charge in [-0.1, -0.05) is 30.3 Å². The summed E-state index contributed by atoms with van der Waals surface area (Å²) in [5, 5.41) is 6.93. The summed E-state index contributed by atoms with van der Waals surface area (Å²) in [7, 11) is 0. The molecule has 2 aromatic carbocycles.